The average molecular weight is 267 g/mol. The fraction of sp³-hybridized carbons (Fsp3) is 0.353. The summed E-state index contributed by atoms with van der Waals surface area (Å²) in [5, 5.41) is 4.64. The van der Waals surface area contributed by atoms with E-state index in [4.69, 9.17) is 5.73 Å². The van der Waals surface area contributed by atoms with Gasteiger partial charge in [-0.15, -0.1) is 0 Å². The SMILES string of the molecule is CCc1c(C)nn(Cc2ccccc2C#CCN)c1C. The molecule has 1 heterocycles. The Hall–Kier alpha value is -2.05. The maximum absolute atomic E-state index is 5.45. The highest BCUT2D eigenvalue weighted by Crippen LogP contribution is 2.16. The highest BCUT2D eigenvalue weighted by atomic mass is 15.3. The minimum Gasteiger partial charge on any atom is -0.320 e. The normalized spacial score (nSPS) is 10.2. The lowest BCUT2D eigenvalue weighted by Gasteiger charge is -2.07. The van der Waals surface area contributed by atoms with Crippen molar-refractivity contribution in [1.29, 1.82) is 0 Å². The Morgan fingerprint density at radius 3 is 2.65 bits per heavy atom. The molecular weight excluding hydrogens is 246 g/mol. The molecular formula is C17H21N3. The first-order chi connectivity index (χ1) is 9.67. The van der Waals surface area contributed by atoms with Crippen LogP contribution in [0.3, 0.4) is 0 Å². The van der Waals surface area contributed by atoms with Crippen LogP contribution in [0.25, 0.3) is 0 Å². The molecule has 0 amide bonds. The molecule has 1 aromatic carbocycles. The largest absolute Gasteiger partial charge is 0.320 e. The van der Waals surface area contributed by atoms with E-state index in [-0.39, 0.29) is 0 Å². The molecule has 3 heteroatoms. The monoisotopic (exact) mass is 267 g/mol. The summed E-state index contributed by atoms with van der Waals surface area (Å²) in [4.78, 5) is 0. The van der Waals surface area contributed by atoms with Gasteiger partial charge in [0.15, 0.2) is 0 Å². The first kappa shape index (κ1) is 14.4. The van der Waals surface area contributed by atoms with E-state index in [0.717, 1.165) is 24.2 Å². The molecule has 2 aromatic rings. The molecule has 104 valence electrons. The van der Waals surface area contributed by atoms with Crippen LogP contribution >= 0.6 is 0 Å². The minimum absolute atomic E-state index is 0.383. The molecule has 0 bridgehead atoms. The van der Waals surface area contributed by atoms with Gasteiger partial charge < -0.3 is 5.73 Å². The van der Waals surface area contributed by atoms with Crippen molar-refractivity contribution in [2.45, 2.75) is 33.7 Å². The van der Waals surface area contributed by atoms with Crippen LogP contribution in [0.4, 0.5) is 0 Å². The minimum atomic E-state index is 0.383. The van der Waals surface area contributed by atoms with E-state index in [1.165, 1.54) is 16.8 Å². The van der Waals surface area contributed by atoms with Crippen LogP contribution in [0.15, 0.2) is 24.3 Å². The van der Waals surface area contributed by atoms with Crippen LogP contribution < -0.4 is 5.73 Å². The van der Waals surface area contributed by atoms with Crippen LogP contribution in [0.2, 0.25) is 0 Å². The zero-order valence-electron chi connectivity index (χ0n) is 12.4. The van der Waals surface area contributed by atoms with E-state index in [0.29, 0.717) is 6.54 Å². The van der Waals surface area contributed by atoms with Gasteiger partial charge in [0.2, 0.25) is 0 Å². The Kier molecular flexibility index (Phi) is 4.60. The van der Waals surface area contributed by atoms with Crippen LogP contribution in [0.5, 0.6) is 0 Å². The smallest absolute Gasteiger partial charge is 0.0674 e. The highest BCUT2D eigenvalue weighted by Gasteiger charge is 2.10. The lowest BCUT2D eigenvalue weighted by Crippen LogP contribution is -2.06. The third-order valence-corrected chi connectivity index (χ3v) is 3.55. The molecule has 0 aliphatic heterocycles. The van der Waals surface area contributed by atoms with Crippen molar-refractivity contribution in [2.75, 3.05) is 6.54 Å². The number of hydrogen-bond acceptors (Lipinski definition) is 2. The van der Waals surface area contributed by atoms with Gasteiger partial charge in [-0.05, 0) is 37.5 Å². The third kappa shape index (κ3) is 2.92. The summed E-state index contributed by atoms with van der Waals surface area (Å²) >= 11 is 0. The third-order valence-electron chi connectivity index (χ3n) is 3.55. The second-order valence-electron chi connectivity index (χ2n) is 4.82. The second kappa shape index (κ2) is 6.40. The van der Waals surface area contributed by atoms with Gasteiger partial charge in [-0.1, -0.05) is 37.0 Å². The summed E-state index contributed by atoms with van der Waals surface area (Å²) in [5.41, 5.74) is 11.4. The quantitative estimate of drug-likeness (QED) is 0.868. The molecule has 0 radical (unpaired) electrons. The predicted molar refractivity (Wildman–Crippen MR) is 82.6 cm³/mol. The number of hydrogen-bond donors (Lipinski definition) is 1. The Labute approximate surface area is 120 Å². The molecule has 0 saturated heterocycles. The second-order valence-corrected chi connectivity index (χ2v) is 4.82. The van der Waals surface area contributed by atoms with Crippen LogP contribution in [0, 0.1) is 25.7 Å². The zero-order chi connectivity index (χ0) is 14.5. The maximum Gasteiger partial charge on any atom is 0.0674 e. The number of nitrogens with two attached hydrogens (primary N) is 1. The van der Waals surface area contributed by atoms with Gasteiger partial charge in [0.25, 0.3) is 0 Å². The van der Waals surface area contributed by atoms with Crippen molar-refractivity contribution >= 4 is 0 Å². The van der Waals surface area contributed by atoms with Gasteiger partial charge in [-0.25, -0.2) is 0 Å². The van der Waals surface area contributed by atoms with Crippen molar-refractivity contribution in [2.24, 2.45) is 5.73 Å². The fourth-order valence-electron chi connectivity index (χ4n) is 2.49. The topological polar surface area (TPSA) is 43.8 Å². The lowest BCUT2D eigenvalue weighted by atomic mass is 10.1. The van der Waals surface area contributed by atoms with E-state index in [2.05, 4.69) is 48.5 Å². The fourth-order valence-corrected chi connectivity index (χ4v) is 2.49. The van der Waals surface area contributed by atoms with E-state index >= 15 is 0 Å². The van der Waals surface area contributed by atoms with Crippen molar-refractivity contribution in [3.05, 3.63) is 52.3 Å². The van der Waals surface area contributed by atoms with Crippen LogP contribution in [-0.2, 0) is 13.0 Å². The highest BCUT2D eigenvalue weighted by molar-refractivity contribution is 5.41. The van der Waals surface area contributed by atoms with E-state index in [1.807, 2.05) is 18.2 Å². The Morgan fingerprint density at radius 1 is 1.25 bits per heavy atom. The van der Waals surface area contributed by atoms with E-state index in [1.54, 1.807) is 0 Å². The maximum atomic E-state index is 5.45. The van der Waals surface area contributed by atoms with Crippen LogP contribution in [-0.4, -0.2) is 16.3 Å². The summed E-state index contributed by atoms with van der Waals surface area (Å²) in [5.74, 6) is 6.05. The van der Waals surface area contributed by atoms with Gasteiger partial charge in [0.05, 0.1) is 18.8 Å². The number of rotatable bonds is 3. The summed E-state index contributed by atoms with van der Waals surface area (Å²) < 4.78 is 2.07. The van der Waals surface area contributed by atoms with Gasteiger partial charge >= 0.3 is 0 Å². The Morgan fingerprint density at radius 2 is 2.00 bits per heavy atom. The molecule has 0 aliphatic rings. The zero-order valence-corrected chi connectivity index (χ0v) is 12.4. The molecule has 20 heavy (non-hydrogen) atoms. The van der Waals surface area contributed by atoms with Crippen molar-refractivity contribution in [3.8, 4) is 11.8 Å². The molecule has 0 spiro atoms. The number of aromatic nitrogens is 2. The number of aryl methyl sites for hydroxylation is 1. The van der Waals surface area contributed by atoms with Gasteiger partial charge in [-0.3, -0.25) is 4.68 Å². The summed E-state index contributed by atoms with van der Waals surface area (Å²) in [6, 6.07) is 8.17. The summed E-state index contributed by atoms with van der Waals surface area (Å²) in [7, 11) is 0. The lowest BCUT2D eigenvalue weighted by molar-refractivity contribution is 0.657. The van der Waals surface area contributed by atoms with Gasteiger partial charge in [0, 0.05) is 11.3 Å². The first-order valence-electron chi connectivity index (χ1n) is 6.97. The molecule has 3 nitrogen and oxygen atoms in total. The molecule has 0 saturated carbocycles. The van der Waals surface area contributed by atoms with Crippen LogP contribution in [0.1, 0.15) is 35.0 Å². The van der Waals surface area contributed by atoms with E-state index < -0.39 is 0 Å². The molecule has 0 unspecified atom stereocenters. The molecule has 1 aromatic heterocycles. The molecule has 2 rings (SSSR count). The Bertz CT molecular complexity index is 657. The molecule has 0 atom stereocenters. The molecule has 2 N–H and O–H groups in total. The Balaban J connectivity index is 2.35. The molecule has 0 aliphatic carbocycles. The summed E-state index contributed by atoms with van der Waals surface area (Å²) in [6.07, 6.45) is 1.02. The standard InChI is InChI=1S/C17H21N3/c1-4-17-13(2)19-20(14(17)3)12-16-9-6-5-8-15(16)10-7-11-18/h5-6,8-9H,4,11-12,18H2,1-3H3. The van der Waals surface area contributed by atoms with E-state index in [9.17, 15) is 0 Å². The van der Waals surface area contributed by atoms with Crippen molar-refractivity contribution in [1.82, 2.24) is 9.78 Å². The molecule has 0 fully saturated rings. The number of nitrogens with zero attached hydrogens (tertiary/aromatic N) is 2. The number of benzene rings is 1. The van der Waals surface area contributed by atoms with Gasteiger partial charge in [-0.2, -0.15) is 5.10 Å². The predicted octanol–water partition coefficient (Wildman–Crippen LogP) is 2.42. The van der Waals surface area contributed by atoms with Crippen molar-refractivity contribution in [3.63, 3.8) is 0 Å². The van der Waals surface area contributed by atoms with Crippen molar-refractivity contribution < 1.29 is 0 Å². The van der Waals surface area contributed by atoms with Gasteiger partial charge in [0.1, 0.15) is 0 Å². The summed E-state index contributed by atoms with van der Waals surface area (Å²) in [6.45, 7) is 7.51. The first-order valence-corrected chi connectivity index (χ1v) is 6.97. The average Bonchev–Trinajstić information content (AvgIpc) is 2.72.